The van der Waals surface area contributed by atoms with Gasteiger partial charge in [0.05, 0.1) is 11.3 Å². The lowest BCUT2D eigenvalue weighted by Gasteiger charge is -2.17. The predicted molar refractivity (Wildman–Crippen MR) is 79.8 cm³/mol. The number of amides is 1. The zero-order chi connectivity index (χ0) is 15.2. The largest absolute Gasteiger partial charge is 0.316 e. The van der Waals surface area contributed by atoms with Crippen molar-refractivity contribution in [2.45, 2.75) is 23.8 Å². The van der Waals surface area contributed by atoms with Gasteiger partial charge in [-0.1, -0.05) is 0 Å². The van der Waals surface area contributed by atoms with Crippen molar-refractivity contribution in [2.75, 3.05) is 32.1 Å². The molecule has 0 saturated carbocycles. The molecule has 0 aliphatic carbocycles. The average molecular weight is 309 g/mol. The van der Waals surface area contributed by atoms with Gasteiger partial charge in [-0.25, -0.2) is 8.42 Å². The van der Waals surface area contributed by atoms with Crippen LogP contribution in [0.15, 0.2) is 23.1 Å². The number of likely N-dealkylation sites (N-methyl/N-ethyl adjacent to an activating group) is 2. The van der Waals surface area contributed by atoms with Crippen molar-refractivity contribution in [2.24, 2.45) is 0 Å². The van der Waals surface area contributed by atoms with Crippen molar-refractivity contribution in [1.29, 1.82) is 0 Å². The average Bonchev–Trinajstić information content (AvgIpc) is 3.05. The Morgan fingerprint density at radius 1 is 1.33 bits per heavy atom. The maximum Gasteiger partial charge on any atom is 0.243 e. The molecule has 1 unspecified atom stereocenters. The Hall–Kier alpha value is -1.44. The van der Waals surface area contributed by atoms with E-state index in [2.05, 4.69) is 5.32 Å². The van der Waals surface area contributed by atoms with Gasteiger partial charge in [0.15, 0.2) is 0 Å². The molecule has 2 aliphatic heterocycles. The van der Waals surface area contributed by atoms with Crippen LogP contribution >= 0.6 is 0 Å². The summed E-state index contributed by atoms with van der Waals surface area (Å²) in [6.45, 7) is 1.03. The van der Waals surface area contributed by atoms with Crippen LogP contribution in [0.2, 0.25) is 0 Å². The zero-order valence-corrected chi connectivity index (χ0v) is 13.0. The molecule has 0 bridgehead atoms. The predicted octanol–water partition coefficient (Wildman–Crippen LogP) is 0.188. The lowest BCUT2D eigenvalue weighted by Crippen LogP contribution is -2.33. The van der Waals surface area contributed by atoms with E-state index in [4.69, 9.17) is 0 Å². The van der Waals surface area contributed by atoms with Gasteiger partial charge >= 0.3 is 0 Å². The summed E-state index contributed by atoms with van der Waals surface area (Å²) >= 11 is 0. The summed E-state index contributed by atoms with van der Waals surface area (Å²) in [6, 6.07) is 5.16. The van der Waals surface area contributed by atoms with Crippen molar-refractivity contribution in [3.63, 3.8) is 0 Å². The SMILES string of the molecule is CNC1CCN(S(=O)(=O)c2ccc3c(c2)CC(=O)N3C)C1. The standard InChI is InChI=1S/C14H19N3O3S/c1-15-11-5-6-17(9-11)21(19,20)12-3-4-13-10(7-12)8-14(18)16(13)2/h3-4,7,11,15H,5-6,8-9H2,1-2H3. The Morgan fingerprint density at radius 2 is 2.10 bits per heavy atom. The Kier molecular flexibility index (Phi) is 3.51. The third-order valence-corrected chi connectivity index (χ3v) is 6.19. The second-order valence-corrected chi connectivity index (χ2v) is 7.50. The molecule has 1 atom stereocenters. The summed E-state index contributed by atoms with van der Waals surface area (Å²) in [5, 5.41) is 3.11. The van der Waals surface area contributed by atoms with Crippen LogP contribution in [0.3, 0.4) is 0 Å². The monoisotopic (exact) mass is 309 g/mol. The van der Waals surface area contributed by atoms with Gasteiger partial charge in [0.2, 0.25) is 15.9 Å². The molecule has 0 spiro atoms. The van der Waals surface area contributed by atoms with Gasteiger partial charge in [-0.05, 0) is 37.2 Å². The molecule has 0 aromatic heterocycles. The fourth-order valence-electron chi connectivity index (χ4n) is 2.94. The second kappa shape index (κ2) is 5.08. The highest BCUT2D eigenvalue weighted by atomic mass is 32.2. The molecule has 1 N–H and O–H groups in total. The molecular formula is C14H19N3O3S. The fraction of sp³-hybridized carbons (Fsp3) is 0.500. The number of nitrogens with zero attached hydrogens (tertiary/aromatic N) is 2. The molecular weight excluding hydrogens is 290 g/mol. The minimum atomic E-state index is -3.47. The minimum Gasteiger partial charge on any atom is -0.316 e. The van der Waals surface area contributed by atoms with Crippen molar-refractivity contribution in [3.05, 3.63) is 23.8 Å². The lowest BCUT2D eigenvalue weighted by atomic mass is 10.2. The van der Waals surface area contributed by atoms with Gasteiger partial charge in [0, 0.05) is 31.9 Å². The molecule has 3 rings (SSSR count). The van der Waals surface area contributed by atoms with E-state index in [1.807, 2.05) is 7.05 Å². The summed E-state index contributed by atoms with van der Waals surface area (Å²) in [7, 11) is 0.0788. The maximum atomic E-state index is 12.7. The summed E-state index contributed by atoms with van der Waals surface area (Å²) < 4.78 is 26.8. The van der Waals surface area contributed by atoms with Crippen LogP contribution in [-0.4, -0.2) is 51.9 Å². The summed E-state index contributed by atoms with van der Waals surface area (Å²) in [5.74, 6) is -0.00373. The molecule has 21 heavy (non-hydrogen) atoms. The van der Waals surface area contributed by atoms with Crippen LogP contribution in [0.4, 0.5) is 5.69 Å². The van der Waals surface area contributed by atoms with E-state index in [1.165, 1.54) is 4.31 Å². The minimum absolute atomic E-state index is 0.00373. The van der Waals surface area contributed by atoms with Crippen molar-refractivity contribution < 1.29 is 13.2 Å². The molecule has 0 radical (unpaired) electrons. The normalized spacial score (nSPS) is 22.9. The van der Waals surface area contributed by atoms with E-state index in [0.717, 1.165) is 17.7 Å². The Balaban J connectivity index is 1.91. The Bertz CT molecular complexity index is 687. The first-order valence-corrected chi connectivity index (χ1v) is 8.44. The topological polar surface area (TPSA) is 69.7 Å². The highest BCUT2D eigenvalue weighted by Crippen LogP contribution is 2.31. The molecule has 2 heterocycles. The van der Waals surface area contributed by atoms with E-state index in [9.17, 15) is 13.2 Å². The molecule has 1 aromatic rings. The van der Waals surface area contributed by atoms with Crippen LogP contribution < -0.4 is 10.2 Å². The van der Waals surface area contributed by atoms with Gasteiger partial charge in [0.25, 0.3) is 0 Å². The van der Waals surface area contributed by atoms with Crippen LogP contribution in [-0.2, 0) is 21.2 Å². The van der Waals surface area contributed by atoms with Gasteiger partial charge in [-0.3, -0.25) is 4.79 Å². The second-order valence-electron chi connectivity index (χ2n) is 5.56. The first-order chi connectivity index (χ1) is 9.93. The van der Waals surface area contributed by atoms with Gasteiger partial charge in [-0.2, -0.15) is 4.31 Å². The van der Waals surface area contributed by atoms with E-state index in [1.54, 1.807) is 30.1 Å². The Labute approximate surface area is 124 Å². The number of nitrogens with one attached hydrogen (secondary N) is 1. The quantitative estimate of drug-likeness (QED) is 0.865. The van der Waals surface area contributed by atoms with Crippen molar-refractivity contribution >= 4 is 21.6 Å². The summed E-state index contributed by atoms with van der Waals surface area (Å²) in [6.07, 6.45) is 1.09. The number of sulfonamides is 1. The van der Waals surface area contributed by atoms with Crippen LogP contribution in [0.5, 0.6) is 0 Å². The van der Waals surface area contributed by atoms with Crippen LogP contribution in [0, 0.1) is 0 Å². The number of anilines is 1. The third-order valence-electron chi connectivity index (χ3n) is 4.33. The highest BCUT2D eigenvalue weighted by molar-refractivity contribution is 7.89. The number of carbonyl (C=O) groups excluding carboxylic acids is 1. The molecule has 1 aromatic carbocycles. The lowest BCUT2D eigenvalue weighted by molar-refractivity contribution is -0.117. The molecule has 6 nitrogen and oxygen atoms in total. The highest BCUT2D eigenvalue weighted by Gasteiger charge is 2.33. The molecule has 2 aliphatic rings. The number of hydrogen-bond donors (Lipinski definition) is 1. The van der Waals surface area contributed by atoms with Crippen LogP contribution in [0.25, 0.3) is 0 Å². The molecule has 7 heteroatoms. The van der Waals surface area contributed by atoms with Crippen molar-refractivity contribution in [1.82, 2.24) is 9.62 Å². The van der Waals surface area contributed by atoms with Crippen LogP contribution in [0.1, 0.15) is 12.0 Å². The smallest absolute Gasteiger partial charge is 0.243 e. The third kappa shape index (κ3) is 2.35. The summed E-state index contributed by atoms with van der Waals surface area (Å²) in [5.41, 5.74) is 1.58. The van der Waals surface area contributed by atoms with E-state index >= 15 is 0 Å². The molecule has 114 valence electrons. The van der Waals surface area contributed by atoms with Gasteiger partial charge < -0.3 is 10.2 Å². The zero-order valence-electron chi connectivity index (χ0n) is 12.2. The Morgan fingerprint density at radius 3 is 2.76 bits per heavy atom. The first-order valence-electron chi connectivity index (χ1n) is 7.00. The fourth-order valence-corrected chi connectivity index (χ4v) is 4.49. The van der Waals surface area contributed by atoms with Crippen molar-refractivity contribution in [3.8, 4) is 0 Å². The number of benzene rings is 1. The van der Waals surface area contributed by atoms with Gasteiger partial charge in [0.1, 0.15) is 0 Å². The van der Waals surface area contributed by atoms with E-state index < -0.39 is 10.0 Å². The van der Waals surface area contributed by atoms with E-state index in [-0.39, 0.29) is 23.3 Å². The number of carbonyl (C=O) groups is 1. The molecule has 1 fully saturated rings. The number of rotatable bonds is 3. The first kappa shape index (κ1) is 14.5. The summed E-state index contributed by atoms with van der Waals surface area (Å²) in [4.78, 5) is 13.5. The number of fused-ring (bicyclic) bond motifs is 1. The van der Waals surface area contributed by atoms with Gasteiger partial charge in [-0.15, -0.1) is 0 Å². The molecule has 1 amide bonds. The molecule has 1 saturated heterocycles. The van der Waals surface area contributed by atoms with E-state index in [0.29, 0.717) is 13.1 Å². The number of hydrogen-bond acceptors (Lipinski definition) is 4. The maximum absolute atomic E-state index is 12.7.